The Morgan fingerprint density at radius 3 is 2.81 bits per heavy atom. The Morgan fingerprint density at radius 1 is 1.50 bits per heavy atom. The molecule has 0 saturated heterocycles. The van der Waals surface area contributed by atoms with Crippen LogP contribution in [0, 0.1) is 0 Å². The lowest BCUT2D eigenvalue weighted by Gasteiger charge is -1.96. The summed E-state index contributed by atoms with van der Waals surface area (Å²) in [6.07, 6.45) is 1.53. The van der Waals surface area contributed by atoms with Crippen LogP contribution in [-0.4, -0.2) is 25.8 Å². The predicted octanol–water partition coefficient (Wildman–Crippen LogP) is 0.133. The van der Waals surface area contributed by atoms with Crippen molar-refractivity contribution in [3.05, 3.63) is 34.6 Å². The Kier molecular flexibility index (Phi) is 2.28. The van der Waals surface area contributed by atoms with Crippen molar-refractivity contribution in [2.24, 2.45) is 7.05 Å². The highest BCUT2D eigenvalue weighted by Gasteiger charge is 2.14. The van der Waals surface area contributed by atoms with Crippen molar-refractivity contribution in [2.45, 2.75) is 0 Å². The molecule has 16 heavy (non-hydrogen) atoms. The molecule has 7 nitrogen and oxygen atoms in total. The summed E-state index contributed by atoms with van der Waals surface area (Å²) < 4.78 is 6.23. The van der Waals surface area contributed by atoms with E-state index in [2.05, 4.69) is 10.2 Å². The fourth-order valence-electron chi connectivity index (χ4n) is 1.11. The third-order valence-corrected chi connectivity index (χ3v) is 1.96. The van der Waals surface area contributed by atoms with Crippen LogP contribution >= 0.6 is 0 Å². The molecule has 0 aliphatic heterocycles. The molecule has 2 aromatic heterocycles. The molecule has 0 atom stereocenters. The van der Waals surface area contributed by atoms with E-state index in [1.165, 1.54) is 16.8 Å². The lowest BCUT2D eigenvalue weighted by molar-refractivity contribution is 0.0654. The summed E-state index contributed by atoms with van der Waals surface area (Å²) in [6, 6.07) is 2.87. The van der Waals surface area contributed by atoms with E-state index in [4.69, 9.17) is 9.52 Å². The molecule has 0 saturated carbocycles. The molecule has 0 amide bonds. The average Bonchev–Trinajstić information content (AvgIpc) is 2.71. The van der Waals surface area contributed by atoms with Gasteiger partial charge in [0, 0.05) is 24.9 Å². The number of rotatable bonds is 2. The summed E-state index contributed by atoms with van der Waals surface area (Å²) in [6.45, 7) is 0. The van der Waals surface area contributed by atoms with Gasteiger partial charge in [0.15, 0.2) is 0 Å². The highest BCUT2D eigenvalue weighted by molar-refractivity contribution is 5.82. The van der Waals surface area contributed by atoms with Gasteiger partial charge in [-0.05, 0) is 6.07 Å². The minimum absolute atomic E-state index is 0.00935. The van der Waals surface area contributed by atoms with E-state index >= 15 is 0 Å². The number of hydrogen-bond donors (Lipinski definition) is 1. The number of aromatic carboxylic acids is 1. The third kappa shape index (κ3) is 1.70. The maximum atomic E-state index is 11.3. The minimum atomic E-state index is -1.30. The molecule has 0 radical (unpaired) electrons. The second-order valence-electron chi connectivity index (χ2n) is 3.08. The molecular weight excluding hydrogens is 214 g/mol. The fraction of sp³-hybridized carbons (Fsp3) is 0.111. The normalized spacial score (nSPS) is 10.3. The van der Waals surface area contributed by atoms with Crippen LogP contribution in [0.4, 0.5) is 0 Å². The lowest BCUT2D eigenvalue weighted by Crippen LogP contribution is -2.14. The van der Waals surface area contributed by atoms with Gasteiger partial charge in [-0.1, -0.05) is 0 Å². The number of aromatic nitrogens is 3. The standard InChI is InChI=1S/C9H7N3O4/c1-12-3-2-5(4-6(12)13)7-10-11-8(16-7)9(14)15/h2-4H,1H3,(H,14,15). The number of carbonyl (C=O) groups is 1. The molecule has 7 heteroatoms. The molecule has 2 rings (SSSR count). The summed E-state index contributed by atoms with van der Waals surface area (Å²) in [5.74, 6) is -1.80. The largest absolute Gasteiger partial charge is 0.474 e. The van der Waals surface area contributed by atoms with Gasteiger partial charge in [-0.3, -0.25) is 4.79 Å². The van der Waals surface area contributed by atoms with Crippen LogP contribution in [0.15, 0.2) is 27.5 Å². The van der Waals surface area contributed by atoms with Crippen molar-refractivity contribution in [2.75, 3.05) is 0 Å². The predicted molar refractivity (Wildman–Crippen MR) is 51.9 cm³/mol. The van der Waals surface area contributed by atoms with Gasteiger partial charge in [-0.2, -0.15) is 0 Å². The molecular formula is C9H7N3O4. The molecule has 82 valence electrons. The summed E-state index contributed by atoms with van der Waals surface area (Å²) in [7, 11) is 1.60. The van der Waals surface area contributed by atoms with Crippen molar-refractivity contribution in [1.82, 2.24) is 14.8 Å². The van der Waals surface area contributed by atoms with E-state index in [0.717, 1.165) is 0 Å². The van der Waals surface area contributed by atoms with Gasteiger partial charge in [-0.25, -0.2) is 4.79 Å². The molecule has 0 spiro atoms. The summed E-state index contributed by atoms with van der Waals surface area (Å²) in [5, 5.41) is 15.4. The zero-order valence-corrected chi connectivity index (χ0v) is 8.25. The van der Waals surface area contributed by atoms with E-state index in [0.29, 0.717) is 5.56 Å². The summed E-state index contributed by atoms with van der Waals surface area (Å²) in [4.78, 5) is 21.8. The van der Waals surface area contributed by atoms with Crippen molar-refractivity contribution in [3.8, 4) is 11.5 Å². The second-order valence-corrected chi connectivity index (χ2v) is 3.08. The van der Waals surface area contributed by atoms with E-state index in [9.17, 15) is 9.59 Å². The van der Waals surface area contributed by atoms with Gasteiger partial charge >= 0.3 is 11.9 Å². The molecule has 0 unspecified atom stereocenters. The molecule has 2 heterocycles. The van der Waals surface area contributed by atoms with Crippen LogP contribution in [0.5, 0.6) is 0 Å². The lowest BCUT2D eigenvalue weighted by atomic mass is 10.3. The Hall–Kier alpha value is -2.44. The Balaban J connectivity index is 2.46. The van der Waals surface area contributed by atoms with Crippen molar-refractivity contribution < 1.29 is 14.3 Å². The molecule has 0 aliphatic carbocycles. The number of carboxylic acid groups (broad SMARTS) is 1. The topological polar surface area (TPSA) is 98.2 Å². The van der Waals surface area contributed by atoms with Gasteiger partial charge in [-0.15, -0.1) is 10.2 Å². The maximum Gasteiger partial charge on any atom is 0.393 e. The fourth-order valence-corrected chi connectivity index (χ4v) is 1.11. The van der Waals surface area contributed by atoms with E-state index in [1.807, 2.05) is 0 Å². The number of carboxylic acids is 1. The quantitative estimate of drug-likeness (QED) is 0.774. The Labute approximate surface area is 89.0 Å². The van der Waals surface area contributed by atoms with Gasteiger partial charge in [0.1, 0.15) is 0 Å². The van der Waals surface area contributed by atoms with Gasteiger partial charge in [0.2, 0.25) is 5.89 Å². The molecule has 0 bridgehead atoms. The maximum absolute atomic E-state index is 11.3. The first-order valence-corrected chi connectivity index (χ1v) is 4.32. The van der Waals surface area contributed by atoms with Crippen LogP contribution < -0.4 is 5.56 Å². The molecule has 0 aliphatic rings. The number of aryl methyl sites for hydroxylation is 1. The van der Waals surface area contributed by atoms with Crippen LogP contribution in [0.1, 0.15) is 10.7 Å². The smallest absolute Gasteiger partial charge is 0.393 e. The average molecular weight is 221 g/mol. The second kappa shape index (κ2) is 3.61. The van der Waals surface area contributed by atoms with Gasteiger partial charge in [0.05, 0.1) is 0 Å². The molecule has 1 N–H and O–H groups in total. The van der Waals surface area contributed by atoms with E-state index in [1.54, 1.807) is 13.1 Å². The number of hydrogen-bond acceptors (Lipinski definition) is 5. The van der Waals surface area contributed by atoms with Crippen LogP contribution in [-0.2, 0) is 7.05 Å². The first-order valence-electron chi connectivity index (χ1n) is 4.32. The zero-order chi connectivity index (χ0) is 11.7. The highest BCUT2D eigenvalue weighted by atomic mass is 16.4. The first-order chi connectivity index (χ1) is 7.58. The first kappa shape index (κ1) is 10.1. The van der Waals surface area contributed by atoms with E-state index in [-0.39, 0.29) is 11.4 Å². The van der Waals surface area contributed by atoms with Gasteiger partial charge < -0.3 is 14.1 Å². The SMILES string of the molecule is Cn1ccc(-c2nnc(C(=O)O)o2)cc1=O. The Bertz CT molecular complexity index is 599. The van der Waals surface area contributed by atoms with E-state index < -0.39 is 11.9 Å². The van der Waals surface area contributed by atoms with Crippen LogP contribution in [0.2, 0.25) is 0 Å². The molecule has 2 aromatic rings. The molecule has 0 fully saturated rings. The number of nitrogens with zero attached hydrogens (tertiary/aromatic N) is 3. The monoisotopic (exact) mass is 221 g/mol. The summed E-state index contributed by atoms with van der Waals surface area (Å²) in [5.41, 5.74) is 0.149. The zero-order valence-electron chi connectivity index (χ0n) is 8.25. The number of pyridine rings is 1. The molecule has 0 aromatic carbocycles. The Morgan fingerprint density at radius 2 is 2.25 bits per heavy atom. The van der Waals surface area contributed by atoms with Crippen molar-refractivity contribution in [3.63, 3.8) is 0 Å². The van der Waals surface area contributed by atoms with Crippen molar-refractivity contribution in [1.29, 1.82) is 0 Å². The van der Waals surface area contributed by atoms with Crippen LogP contribution in [0.25, 0.3) is 11.5 Å². The van der Waals surface area contributed by atoms with Crippen molar-refractivity contribution >= 4 is 5.97 Å². The minimum Gasteiger partial charge on any atom is -0.474 e. The van der Waals surface area contributed by atoms with Crippen LogP contribution in [0.3, 0.4) is 0 Å². The summed E-state index contributed by atoms with van der Waals surface area (Å²) >= 11 is 0. The van der Waals surface area contributed by atoms with Gasteiger partial charge in [0.25, 0.3) is 5.56 Å². The highest BCUT2D eigenvalue weighted by Crippen LogP contribution is 2.15. The third-order valence-electron chi connectivity index (χ3n) is 1.96.